The van der Waals surface area contributed by atoms with Gasteiger partial charge in [-0.2, -0.15) is 4.37 Å². The standard InChI is InChI=1S/C12H9IN2O4S/c1-5-9(12(18)19)11(20-15-5)14-10(17)7-4-6(13)2-3-8(7)16/h2-4,16H,1H3,(H,14,17)(H,18,19). The molecule has 0 aliphatic carbocycles. The van der Waals surface area contributed by atoms with Gasteiger partial charge in [0.15, 0.2) is 0 Å². The van der Waals surface area contributed by atoms with Crippen LogP contribution < -0.4 is 5.32 Å². The number of rotatable bonds is 3. The molecule has 0 fully saturated rings. The summed E-state index contributed by atoms with van der Waals surface area (Å²) in [5, 5.41) is 21.4. The number of carboxylic acid groups (broad SMARTS) is 1. The van der Waals surface area contributed by atoms with E-state index in [1.165, 1.54) is 12.1 Å². The first kappa shape index (κ1) is 14.7. The molecule has 0 aliphatic heterocycles. The Morgan fingerprint density at radius 2 is 2.10 bits per heavy atom. The van der Waals surface area contributed by atoms with Gasteiger partial charge in [0.1, 0.15) is 16.3 Å². The lowest BCUT2D eigenvalue weighted by Crippen LogP contribution is -2.14. The number of hydrogen-bond acceptors (Lipinski definition) is 5. The Bertz CT molecular complexity index is 699. The van der Waals surface area contributed by atoms with Crippen LogP contribution in [0.4, 0.5) is 5.00 Å². The van der Waals surface area contributed by atoms with Crippen LogP contribution in [0.5, 0.6) is 5.75 Å². The number of amides is 1. The van der Waals surface area contributed by atoms with E-state index in [4.69, 9.17) is 5.11 Å². The van der Waals surface area contributed by atoms with Gasteiger partial charge in [0.25, 0.3) is 5.91 Å². The summed E-state index contributed by atoms with van der Waals surface area (Å²) in [5.74, 6) is -1.90. The number of carbonyl (C=O) groups is 2. The van der Waals surface area contributed by atoms with Crippen molar-refractivity contribution in [3.8, 4) is 5.75 Å². The van der Waals surface area contributed by atoms with E-state index in [0.717, 1.165) is 15.1 Å². The molecule has 1 amide bonds. The van der Waals surface area contributed by atoms with Gasteiger partial charge in [-0.3, -0.25) is 4.79 Å². The molecular formula is C12H9IN2O4S. The Hall–Kier alpha value is -1.68. The Kier molecular flexibility index (Phi) is 4.23. The van der Waals surface area contributed by atoms with Crippen LogP contribution in [0, 0.1) is 10.5 Å². The fraction of sp³-hybridized carbons (Fsp3) is 0.0833. The van der Waals surface area contributed by atoms with Crippen LogP contribution in [0.25, 0.3) is 0 Å². The fourth-order valence-electron chi connectivity index (χ4n) is 1.57. The first-order valence-corrected chi connectivity index (χ1v) is 7.24. The highest BCUT2D eigenvalue weighted by atomic mass is 127. The zero-order chi connectivity index (χ0) is 14.9. The number of carbonyl (C=O) groups excluding carboxylic acids is 1. The highest BCUT2D eigenvalue weighted by Crippen LogP contribution is 2.27. The number of halogens is 1. The third kappa shape index (κ3) is 2.90. The predicted molar refractivity (Wildman–Crippen MR) is 82.6 cm³/mol. The number of benzene rings is 1. The van der Waals surface area contributed by atoms with E-state index in [1.807, 2.05) is 22.6 Å². The van der Waals surface area contributed by atoms with Crippen LogP contribution >= 0.6 is 34.1 Å². The van der Waals surface area contributed by atoms with Crippen LogP contribution in [0.1, 0.15) is 26.4 Å². The van der Waals surface area contributed by atoms with Crippen molar-refractivity contribution in [1.82, 2.24) is 4.37 Å². The maximum atomic E-state index is 12.1. The van der Waals surface area contributed by atoms with E-state index >= 15 is 0 Å². The number of aryl methyl sites for hydroxylation is 1. The number of hydrogen-bond donors (Lipinski definition) is 3. The molecule has 1 aromatic heterocycles. The van der Waals surface area contributed by atoms with E-state index in [2.05, 4.69) is 9.69 Å². The first-order chi connectivity index (χ1) is 9.40. The lowest BCUT2D eigenvalue weighted by Gasteiger charge is -2.06. The Balaban J connectivity index is 2.33. The minimum Gasteiger partial charge on any atom is -0.507 e. The summed E-state index contributed by atoms with van der Waals surface area (Å²) in [6, 6.07) is 4.58. The van der Waals surface area contributed by atoms with Crippen molar-refractivity contribution in [3.05, 3.63) is 38.6 Å². The number of aromatic carboxylic acids is 1. The second-order valence-corrected chi connectivity index (χ2v) is 5.91. The SMILES string of the molecule is Cc1nsc(NC(=O)c2cc(I)ccc2O)c1C(=O)O. The van der Waals surface area contributed by atoms with E-state index in [1.54, 1.807) is 13.0 Å². The summed E-state index contributed by atoms with van der Waals surface area (Å²) in [6.07, 6.45) is 0. The molecule has 0 bridgehead atoms. The summed E-state index contributed by atoms with van der Waals surface area (Å²) >= 11 is 2.90. The van der Waals surface area contributed by atoms with Crippen LogP contribution in [0.3, 0.4) is 0 Å². The lowest BCUT2D eigenvalue weighted by molar-refractivity contribution is 0.0697. The largest absolute Gasteiger partial charge is 0.507 e. The van der Waals surface area contributed by atoms with Crippen molar-refractivity contribution in [2.24, 2.45) is 0 Å². The Morgan fingerprint density at radius 1 is 1.40 bits per heavy atom. The van der Waals surface area contributed by atoms with Gasteiger partial charge in [0.05, 0.1) is 11.3 Å². The van der Waals surface area contributed by atoms with Crippen LogP contribution in [-0.4, -0.2) is 26.5 Å². The number of nitrogens with one attached hydrogen (secondary N) is 1. The van der Waals surface area contributed by atoms with Gasteiger partial charge in [-0.25, -0.2) is 4.79 Å². The van der Waals surface area contributed by atoms with E-state index in [9.17, 15) is 14.7 Å². The quantitative estimate of drug-likeness (QED) is 0.684. The van der Waals surface area contributed by atoms with Gasteiger partial charge in [-0.15, -0.1) is 0 Å². The van der Waals surface area contributed by atoms with Crippen molar-refractivity contribution in [2.75, 3.05) is 5.32 Å². The third-order valence-electron chi connectivity index (χ3n) is 2.51. The molecule has 0 saturated carbocycles. The van der Waals surface area contributed by atoms with E-state index < -0.39 is 11.9 Å². The van der Waals surface area contributed by atoms with Gasteiger partial charge >= 0.3 is 5.97 Å². The monoisotopic (exact) mass is 404 g/mol. The molecule has 2 aromatic rings. The normalized spacial score (nSPS) is 10.3. The molecule has 0 atom stereocenters. The van der Waals surface area contributed by atoms with Crippen molar-refractivity contribution in [3.63, 3.8) is 0 Å². The summed E-state index contributed by atoms with van der Waals surface area (Å²) in [4.78, 5) is 23.2. The summed E-state index contributed by atoms with van der Waals surface area (Å²) < 4.78 is 4.69. The summed E-state index contributed by atoms with van der Waals surface area (Å²) in [5.41, 5.74) is 0.387. The van der Waals surface area contributed by atoms with Crippen LogP contribution in [-0.2, 0) is 0 Å². The third-order valence-corrected chi connectivity index (χ3v) is 4.03. The highest BCUT2D eigenvalue weighted by Gasteiger charge is 2.21. The van der Waals surface area contributed by atoms with Crippen LogP contribution in [0.15, 0.2) is 18.2 Å². The maximum Gasteiger partial charge on any atom is 0.340 e. The molecule has 0 unspecified atom stereocenters. The van der Waals surface area contributed by atoms with E-state index in [0.29, 0.717) is 5.69 Å². The maximum absolute atomic E-state index is 12.1. The number of aromatic hydroxyl groups is 1. The zero-order valence-corrected chi connectivity index (χ0v) is 13.2. The number of phenolic OH excluding ortho intramolecular Hbond substituents is 1. The molecule has 1 heterocycles. The molecular weight excluding hydrogens is 395 g/mol. The second kappa shape index (κ2) is 5.75. The molecule has 2 rings (SSSR count). The molecule has 8 heteroatoms. The molecule has 0 spiro atoms. The number of anilines is 1. The minimum absolute atomic E-state index is 0.0338. The fourth-order valence-corrected chi connectivity index (χ4v) is 2.84. The van der Waals surface area contributed by atoms with Gasteiger partial charge in [-0.1, -0.05) is 0 Å². The van der Waals surface area contributed by atoms with Gasteiger partial charge in [-0.05, 0) is 59.2 Å². The predicted octanol–water partition coefficient (Wildman–Crippen LogP) is 2.71. The molecule has 104 valence electrons. The average Bonchev–Trinajstić information content (AvgIpc) is 2.73. The molecule has 0 saturated heterocycles. The molecule has 6 nitrogen and oxygen atoms in total. The van der Waals surface area contributed by atoms with Crippen molar-refractivity contribution >= 4 is 51.0 Å². The Morgan fingerprint density at radius 3 is 2.75 bits per heavy atom. The average molecular weight is 404 g/mol. The van der Waals surface area contributed by atoms with Crippen molar-refractivity contribution < 1.29 is 19.8 Å². The van der Waals surface area contributed by atoms with Crippen molar-refractivity contribution in [1.29, 1.82) is 0 Å². The number of phenols is 1. The van der Waals surface area contributed by atoms with Gasteiger partial charge < -0.3 is 15.5 Å². The highest BCUT2D eigenvalue weighted by molar-refractivity contribution is 14.1. The summed E-state index contributed by atoms with van der Waals surface area (Å²) in [7, 11) is 0. The topological polar surface area (TPSA) is 99.5 Å². The van der Waals surface area contributed by atoms with Gasteiger partial charge in [0.2, 0.25) is 0 Å². The number of carboxylic acids is 1. The number of aromatic nitrogens is 1. The van der Waals surface area contributed by atoms with Gasteiger partial charge in [0, 0.05) is 3.57 Å². The smallest absolute Gasteiger partial charge is 0.340 e. The number of nitrogens with zero attached hydrogens (tertiary/aromatic N) is 1. The molecule has 20 heavy (non-hydrogen) atoms. The summed E-state index contributed by atoms with van der Waals surface area (Å²) in [6.45, 7) is 1.55. The molecule has 0 aliphatic rings. The molecule has 3 N–H and O–H groups in total. The Labute approximate surface area is 131 Å². The molecule has 0 radical (unpaired) electrons. The zero-order valence-electron chi connectivity index (χ0n) is 10.2. The molecule has 1 aromatic carbocycles. The first-order valence-electron chi connectivity index (χ1n) is 5.39. The van der Waals surface area contributed by atoms with E-state index in [-0.39, 0.29) is 21.9 Å². The second-order valence-electron chi connectivity index (χ2n) is 3.89. The minimum atomic E-state index is -1.15. The van der Waals surface area contributed by atoms with Crippen molar-refractivity contribution in [2.45, 2.75) is 6.92 Å². The van der Waals surface area contributed by atoms with Crippen LogP contribution in [0.2, 0.25) is 0 Å². The lowest BCUT2D eigenvalue weighted by atomic mass is 10.2.